The molecule has 0 aliphatic carbocycles. The van der Waals surface area contributed by atoms with Gasteiger partial charge in [-0.15, -0.1) is 11.3 Å². The standard InChI is InChI=1S/C16H27N3S/c1-14-5-12-20-16(14)15(19-10-6-17-7-11-19)13-18-8-3-2-4-9-18/h5,12,15,17H,2-4,6-11,13H2,1H3. The van der Waals surface area contributed by atoms with Crippen LogP contribution in [0.4, 0.5) is 0 Å². The molecule has 4 heteroatoms. The molecule has 20 heavy (non-hydrogen) atoms. The highest BCUT2D eigenvalue weighted by molar-refractivity contribution is 7.10. The Morgan fingerprint density at radius 1 is 1.15 bits per heavy atom. The van der Waals surface area contributed by atoms with Gasteiger partial charge in [-0.3, -0.25) is 4.90 Å². The lowest BCUT2D eigenvalue weighted by atomic mass is 10.1. The van der Waals surface area contributed by atoms with E-state index in [1.54, 1.807) is 4.88 Å². The Morgan fingerprint density at radius 2 is 1.90 bits per heavy atom. The van der Waals surface area contributed by atoms with Crippen molar-refractivity contribution in [3.05, 3.63) is 21.9 Å². The monoisotopic (exact) mass is 293 g/mol. The van der Waals surface area contributed by atoms with Crippen LogP contribution in [0.2, 0.25) is 0 Å². The summed E-state index contributed by atoms with van der Waals surface area (Å²) in [6, 6.07) is 2.89. The van der Waals surface area contributed by atoms with E-state index < -0.39 is 0 Å². The molecule has 0 amide bonds. The molecule has 2 aliphatic rings. The number of rotatable bonds is 4. The molecular formula is C16H27N3S. The number of likely N-dealkylation sites (tertiary alicyclic amines) is 1. The average molecular weight is 293 g/mol. The van der Waals surface area contributed by atoms with E-state index in [0.29, 0.717) is 6.04 Å². The smallest absolute Gasteiger partial charge is 0.0572 e. The van der Waals surface area contributed by atoms with Gasteiger partial charge >= 0.3 is 0 Å². The zero-order chi connectivity index (χ0) is 13.8. The second-order valence-electron chi connectivity index (χ2n) is 6.13. The van der Waals surface area contributed by atoms with E-state index >= 15 is 0 Å². The Balaban J connectivity index is 1.73. The fourth-order valence-electron chi connectivity index (χ4n) is 3.47. The molecule has 3 nitrogen and oxygen atoms in total. The summed E-state index contributed by atoms with van der Waals surface area (Å²) in [7, 11) is 0. The minimum absolute atomic E-state index is 0.607. The van der Waals surface area contributed by atoms with Gasteiger partial charge in [0.1, 0.15) is 0 Å². The Morgan fingerprint density at radius 3 is 2.55 bits per heavy atom. The van der Waals surface area contributed by atoms with E-state index in [0.717, 1.165) is 13.1 Å². The van der Waals surface area contributed by atoms with Gasteiger partial charge in [0.25, 0.3) is 0 Å². The molecule has 3 rings (SSSR count). The molecule has 1 atom stereocenters. The highest BCUT2D eigenvalue weighted by Crippen LogP contribution is 2.30. The maximum Gasteiger partial charge on any atom is 0.0572 e. The van der Waals surface area contributed by atoms with Crippen LogP contribution in [0.15, 0.2) is 11.4 Å². The maximum atomic E-state index is 3.48. The fraction of sp³-hybridized carbons (Fsp3) is 0.750. The first-order chi connectivity index (χ1) is 9.84. The third-order valence-electron chi connectivity index (χ3n) is 4.68. The molecule has 3 heterocycles. The molecule has 0 spiro atoms. The van der Waals surface area contributed by atoms with Gasteiger partial charge in [0.05, 0.1) is 6.04 Å². The van der Waals surface area contributed by atoms with Crippen LogP contribution in [0.25, 0.3) is 0 Å². The molecule has 0 bridgehead atoms. The molecule has 0 aromatic carbocycles. The Kier molecular flexibility index (Phi) is 5.10. The fourth-order valence-corrected chi connectivity index (χ4v) is 4.52. The van der Waals surface area contributed by atoms with E-state index in [4.69, 9.17) is 0 Å². The predicted molar refractivity (Wildman–Crippen MR) is 86.5 cm³/mol. The first-order valence-electron chi connectivity index (χ1n) is 8.06. The Hall–Kier alpha value is -0.420. The molecule has 112 valence electrons. The average Bonchev–Trinajstić information content (AvgIpc) is 2.93. The lowest BCUT2D eigenvalue weighted by Crippen LogP contribution is -2.48. The van der Waals surface area contributed by atoms with Gasteiger partial charge in [-0.25, -0.2) is 0 Å². The maximum absolute atomic E-state index is 3.48. The van der Waals surface area contributed by atoms with Crippen LogP contribution >= 0.6 is 11.3 Å². The largest absolute Gasteiger partial charge is 0.314 e. The molecule has 1 unspecified atom stereocenters. The zero-order valence-corrected chi connectivity index (χ0v) is 13.4. The summed E-state index contributed by atoms with van der Waals surface area (Å²) >= 11 is 1.95. The van der Waals surface area contributed by atoms with Crippen molar-refractivity contribution >= 4 is 11.3 Å². The van der Waals surface area contributed by atoms with Gasteiger partial charge in [0.2, 0.25) is 0 Å². The molecule has 2 saturated heterocycles. The van der Waals surface area contributed by atoms with E-state index in [1.807, 2.05) is 11.3 Å². The number of piperazine rings is 1. The number of nitrogens with zero attached hydrogens (tertiary/aromatic N) is 2. The van der Waals surface area contributed by atoms with E-state index in [1.165, 1.54) is 57.5 Å². The zero-order valence-electron chi connectivity index (χ0n) is 12.6. The number of aryl methyl sites for hydroxylation is 1. The SMILES string of the molecule is Cc1ccsc1C(CN1CCCCC1)N1CCNCC1. The number of hydrogen-bond donors (Lipinski definition) is 1. The molecule has 1 N–H and O–H groups in total. The van der Waals surface area contributed by atoms with Gasteiger partial charge in [0.15, 0.2) is 0 Å². The lowest BCUT2D eigenvalue weighted by Gasteiger charge is -2.38. The Bertz CT molecular complexity index is 406. The first kappa shape index (κ1) is 14.5. The first-order valence-corrected chi connectivity index (χ1v) is 8.93. The van der Waals surface area contributed by atoms with Crippen LogP contribution in [0, 0.1) is 6.92 Å². The molecule has 1 aromatic rings. The number of hydrogen-bond acceptors (Lipinski definition) is 4. The predicted octanol–water partition coefficient (Wildman–Crippen LogP) is 2.49. The molecule has 0 saturated carbocycles. The third-order valence-corrected chi connectivity index (χ3v) is 5.80. The summed E-state index contributed by atoms with van der Waals surface area (Å²) in [6.45, 7) is 10.8. The van der Waals surface area contributed by atoms with E-state index in [-0.39, 0.29) is 0 Å². The van der Waals surface area contributed by atoms with Crippen LogP contribution in [0.3, 0.4) is 0 Å². The summed E-state index contributed by atoms with van der Waals surface area (Å²) in [4.78, 5) is 6.98. The van der Waals surface area contributed by atoms with Crippen LogP contribution in [0.1, 0.15) is 35.7 Å². The van der Waals surface area contributed by atoms with Gasteiger partial charge < -0.3 is 10.2 Å². The summed E-state index contributed by atoms with van der Waals surface area (Å²) in [5.41, 5.74) is 1.48. The number of piperidine rings is 1. The van der Waals surface area contributed by atoms with Crippen molar-refractivity contribution in [2.45, 2.75) is 32.2 Å². The van der Waals surface area contributed by atoms with Crippen molar-refractivity contribution in [2.75, 3.05) is 45.8 Å². The van der Waals surface area contributed by atoms with Crippen LogP contribution < -0.4 is 5.32 Å². The minimum atomic E-state index is 0.607. The normalized spacial score (nSPS) is 23.9. The summed E-state index contributed by atoms with van der Waals surface area (Å²) in [5, 5.41) is 5.74. The third kappa shape index (κ3) is 3.42. The van der Waals surface area contributed by atoms with Crippen molar-refractivity contribution in [3.8, 4) is 0 Å². The topological polar surface area (TPSA) is 18.5 Å². The van der Waals surface area contributed by atoms with Gasteiger partial charge in [-0.1, -0.05) is 6.42 Å². The van der Waals surface area contributed by atoms with Crippen molar-refractivity contribution in [2.24, 2.45) is 0 Å². The lowest BCUT2D eigenvalue weighted by molar-refractivity contribution is 0.115. The molecular weight excluding hydrogens is 266 g/mol. The highest BCUT2D eigenvalue weighted by Gasteiger charge is 2.26. The molecule has 0 radical (unpaired) electrons. The van der Waals surface area contributed by atoms with Crippen LogP contribution in [-0.4, -0.2) is 55.6 Å². The molecule has 2 fully saturated rings. The van der Waals surface area contributed by atoms with Crippen molar-refractivity contribution in [1.82, 2.24) is 15.1 Å². The highest BCUT2D eigenvalue weighted by atomic mass is 32.1. The molecule has 1 aromatic heterocycles. The van der Waals surface area contributed by atoms with Crippen molar-refractivity contribution in [1.29, 1.82) is 0 Å². The summed E-state index contributed by atoms with van der Waals surface area (Å²) in [5.74, 6) is 0. The van der Waals surface area contributed by atoms with Crippen molar-refractivity contribution in [3.63, 3.8) is 0 Å². The van der Waals surface area contributed by atoms with Gasteiger partial charge in [-0.2, -0.15) is 0 Å². The number of nitrogens with one attached hydrogen (secondary N) is 1. The van der Waals surface area contributed by atoms with E-state index in [9.17, 15) is 0 Å². The van der Waals surface area contributed by atoms with Gasteiger partial charge in [0, 0.05) is 37.6 Å². The van der Waals surface area contributed by atoms with Crippen LogP contribution in [0.5, 0.6) is 0 Å². The second kappa shape index (κ2) is 7.03. The van der Waals surface area contributed by atoms with Gasteiger partial charge in [-0.05, 0) is 49.9 Å². The van der Waals surface area contributed by atoms with Crippen LogP contribution in [-0.2, 0) is 0 Å². The molecule has 2 aliphatic heterocycles. The van der Waals surface area contributed by atoms with E-state index in [2.05, 4.69) is 33.5 Å². The second-order valence-corrected chi connectivity index (χ2v) is 7.08. The summed E-state index contributed by atoms with van der Waals surface area (Å²) < 4.78 is 0. The Labute approximate surface area is 127 Å². The van der Waals surface area contributed by atoms with Crippen molar-refractivity contribution < 1.29 is 0 Å². The minimum Gasteiger partial charge on any atom is -0.314 e. The summed E-state index contributed by atoms with van der Waals surface area (Å²) in [6.07, 6.45) is 4.20. The number of thiophene rings is 1. The quantitative estimate of drug-likeness (QED) is 0.920.